The number of rotatable bonds is 3. The highest BCUT2D eigenvalue weighted by Gasteiger charge is 2.09. The van der Waals surface area contributed by atoms with Gasteiger partial charge in [-0.2, -0.15) is 5.10 Å². The molecule has 86 valence electrons. The highest BCUT2D eigenvalue weighted by molar-refractivity contribution is 5.23. The fraction of sp³-hybridized carbons (Fsp3) is 0.417. The Morgan fingerprint density at radius 1 is 1.25 bits per heavy atom. The summed E-state index contributed by atoms with van der Waals surface area (Å²) in [4.78, 5) is 0. The van der Waals surface area contributed by atoms with Crippen LogP contribution in [-0.4, -0.2) is 14.9 Å². The third-order valence-corrected chi connectivity index (χ3v) is 2.92. The number of hydrogen-bond acceptors (Lipinski definition) is 3. The summed E-state index contributed by atoms with van der Waals surface area (Å²) in [5.74, 6) is 1.41. The van der Waals surface area contributed by atoms with Crippen LogP contribution in [0.25, 0.3) is 0 Å². The van der Waals surface area contributed by atoms with Crippen LogP contribution >= 0.6 is 0 Å². The smallest absolute Gasteiger partial charge is 0.129 e. The molecule has 0 aliphatic heterocycles. The van der Waals surface area contributed by atoms with Crippen LogP contribution in [0.4, 0.5) is 0 Å². The molecule has 0 fully saturated rings. The van der Waals surface area contributed by atoms with E-state index in [1.807, 2.05) is 24.6 Å². The quantitative estimate of drug-likeness (QED) is 0.860. The van der Waals surface area contributed by atoms with Crippen molar-refractivity contribution in [1.82, 2.24) is 9.78 Å². The zero-order chi connectivity index (χ0) is 11.7. The average molecular weight is 220 g/mol. The van der Waals surface area contributed by atoms with E-state index in [0.717, 1.165) is 17.1 Å². The molecule has 0 aromatic carbocycles. The third-order valence-electron chi connectivity index (χ3n) is 2.92. The maximum atomic E-state index is 8.90. The maximum absolute atomic E-state index is 8.90. The molecule has 0 bridgehead atoms. The Kier molecular flexibility index (Phi) is 2.83. The molecule has 2 aromatic rings. The molecule has 2 aromatic heterocycles. The fourth-order valence-corrected chi connectivity index (χ4v) is 1.68. The molecule has 0 aliphatic rings. The summed E-state index contributed by atoms with van der Waals surface area (Å²) in [6.45, 7) is 6.66. The van der Waals surface area contributed by atoms with Crippen molar-refractivity contribution in [2.45, 2.75) is 33.9 Å². The van der Waals surface area contributed by atoms with Gasteiger partial charge in [-0.25, -0.2) is 0 Å². The highest BCUT2D eigenvalue weighted by Crippen LogP contribution is 2.14. The van der Waals surface area contributed by atoms with Crippen LogP contribution in [-0.2, 0) is 13.2 Å². The van der Waals surface area contributed by atoms with Gasteiger partial charge in [0.05, 0.1) is 12.2 Å². The third kappa shape index (κ3) is 1.88. The van der Waals surface area contributed by atoms with E-state index in [2.05, 4.69) is 12.0 Å². The number of aliphatic hydroxyl groups is 1. The molecule has 4 heteroatoms. The Morgan fingerprint density at radius 3 is 2.44 bits per heavy atom. The van der Waals surface area contributed by atoms with E-state index in [4.69, 9.17) is 9.52 Å². The molecule has 4 nitrogen and oxygen atoms in total. The van der Waals surface area contributed by atoms with Gasteiger partial charge >= 0.3 is 0 Å². The van der Waals surface area contributed by atoms with Crippen molar-refractivity contribution in [3.63, 3.8) is 0 Å². The minimum atomic E-state index is -0.0594. The van der Waals surface area contributed by atoms with Gasteiger partial charge in [-0.15, -0.1) is 0 Å². The minimum Gasteiger partial charge on any atom is -0.462 e. The van der Waals surface area contributed by atoms with E-state index in [0.29, 0.717) is 12.3 Å². The largest absolute Gasteiger partial charge is 0.462 e. The van der Waals surface area contributed by atoms with E-state index in [1.54, 1.807) is 6.07 Å². The maximum Gasteiger partial charge on any atom is 0.129 e. The van der Waals surface area contributed by atoms with Crippen molar-refractivity contribution < 1.29 is 9.52 Å². The van der Waals surface area contributed by atoms with Gasteiger partial charge in [0.1, 0.15) is 18.1 Å². The van der Waals surface area contributed by atoms with Crippen LogP contribution in [0.3, 0.4) is 0 Å². The van der Waals surface area contributed by atoms with Gasteiger partial charge in [0.2, 0.25) is 0 Å². The number of furan rings is 1. The molecule has 0 atom stereocenters. The number of aliphatic hydroxyl groups excluding tert-OH is 1. The summed E-state index contributed by atoms with van der Waals surface area (Å²) in [5.41, 5.74) is 3.42. The second-order valence-electron chi connectivity index (χ2n) is 3.98. The zero-order valence-corrected chi connectivity index (χ0v) is 9.82. The molecule has 2 heterocycles. The average Bonchev–Trinajstić information content (AvgIpc) is 2.81. The van der Waals surface area contributed by atoms with Gasteiger partial charge in [-0.1, -0.05) is 0 Å². The Hall–Kier alpha value is -1.55. The lowest BCUT2D eigenvalue weighted by Crippen LogP contribution is -2.03. The van der Waals surface area contributed by atoms with E-state index >= 15 is 0 Å². The second kappa shape index (κ2) is 4.14. The van der Waals surface area contributed by atoms with E-state index in [1.165, 1.54) is 5.56 Å². The molecule has 1 N–H and O–H groups in total. The summed E-state index contributed by atoms with van der Waals surface area (Å²) in [6.07, 6.45) is 0. The van der Waals surface area contributed by atoms with Crippen LogP contribution in [0.15, 0.2) is 16.5 Å². The van der Waals surface area contributed by atoms with Gasteiger partial charge in [-0.05, 0) is 38.5 Å². The van der Waals surface area contributed by atoms with Crippen molar-refractivity contribution in [3.8, 4) is 0 Å². The Morgan fingerprint density at radius 2 is 1.94 bits per heavy atom. The molecule has 0 saturated heterocycles. The second-order valence-corrected chi connectivity index (χ2v) is 3.98. The summed E-state index contributed by atoms with van der Waals surface area (Å²) in [5, 5.41) is 13.3. The SMILES string of the molecule is Cc1nn(Cc2ccc(CO)o2)c(C)c1C. The van der Waals surface area contributed by atoms with E-state index in [-0.39, 0.29) is 6.61 Å². The molecular formula is C12H16N2O2. The molecule has 0 saturated carbocycles. The molecule has 16 heavy (non-hydrogen) atoms. The first-order valence-corrected chi connectivity index (χ1v) is 5.31. The normalized spacial score (nSPS) is 11.0. The summed E-state index contributed by atoms with van der Waals surface area (Å²) in [7, 11) is 0. The van der Waals surface area contributed by atoms with Gasteiger partial charge in [0.15, 0.2) is 0 Å². The van der Waals surface area contributed by atoms with Crippen LogP contribution < -0.4 is 0 Å². The van der Waals surface area contributed by atoms with Crippen molar-refractivity contribution in [2.24, 2.45) is 0 Å². The first-order chi connectivity index (χ1) is 7.61. The minimum absolute atomic E-state index is 0.0594. The topological polar surface area (TPSA) is 51.2 Å². The van der Waals surface area contributed by atoms with E-state index in [9.17, 15) is 0 Å². The summed E-state index contributed by atoms with van der Waals surface area (Å²) >= 11 is 0. The Bertz CT molecular complexity index is 497. The summed E-state index contributed by atoms with van der Waals surface area (Å²) < 4.78 is 7.35. The lowest BCUT2D eigenvalue weighted by atomic mass is 10.2. The first kappa shape index (κ1) is 11.0. The Labute approximate surface area is 94.5 Å². The Balaban J connectivity index is 2.23. The molecule has 0 radical (unpaired) electrons. The zero-order valence-electron chi connectivity index (χ0n) is 9.82. The van der Waals surface area contributed by atoms with Crippen LogP contribution in [0.2, 0.25) is 0 Å². The molecule has 0 spiro atoms. The molecular weight excluding hydrogens is 204 g/mol. The van der Waals surface area contributed by atoms with Gasteiger partial charge < -0.3 is 9.52 Å². The number of nitrogens with zero attached hydrogens (tertiary/aromatic N) is 2. The number of aromatic nitrogens is 2. The lowest BCUT2D eigenvalue weighted by Gasteiger charge is -2.01. The van der Waals surface area contributed by atoms with Crippen molar-refractivity contribution in [1.29, 1.82) is 0 Å². The molecule has 0 amide bonds. The highest BCUT2D eigenvalue weighted by atomic mass is 16.4. The molecule has 2 rings (SSSR count). The standard InChI is InChI=1S/C12H16N2O2/c1-8-9(2)13-14(10(8)3)6-11-4-5-12(7-15)16-11/h4-5,15H,6-7H2,1-3H3. The van der Waals surface area contributed by atoms with Crippen LogP contribution in [0.5, 0.6) is 0 Å². The van der Waals surface area contributed by atoms with E-state index < -0.39 is 0 Å². The van der Waals surface area contributed by atoms with Crippen molar-refractivity contribution in [2.75, 3.05) is 0 Å². The molecule has 0 unspecified atom stereocenters. The van der Waals surface area contributed by atoms with Gasteiger partial charge in [-0.3, -0.25) is 4.68 Å². The van der Waals surface area contributed by atoms with Crippen molar-refractivity contribution >= 4 is 0 Å². The predicted molar refractivity (Wildman–Crippen MR) is 60.2 cm³/mol. The predicted octanol–water partition coefficient (Wildman–Crippen LogP) is 1.94. The number of aryl methyl sites for hydroxylation is 1. The number of hydrogen-bond donors (Lipinski definition) is 1. The van der Waals surface area contributed by atoms with Gasteiger partial charge in [0, 0.05) is 5.69 Å². The van der Waals surface area contributed by atoms with Gasteiger partial charge in [0.25, 0.3) is 0 Å². The lowest BCUT2D eigenvalue weighted by molar-refractivity contribution is 0.242. The first-order valence-electron chi connectivity index (χ1n) is 5.31. The van der Waals surface area contributed by atoms with Crippen LogP contribution in [0, 0.1) is 20.8 Å². The fourth-order valence-electron chi connectivity index (χ4n) is 1.68. The summed E-state index contributed by atoms with van der Waals surface area (Å²) in [6, 6.07) is 3.66. The van der Waals surface area contributed by atoms with Crippen LogP contribution in [0.1, 0.15) is 28.5 Å². The molecule has 0 aliphatic carbocycles. The monoisotopic (exact) mass is 220 g/mol. The van der Waals surface area contributed by atoms with Crippen molar-refractivity contribution in [3.05, 3.63) is 40.6 Å².